The maximum Gasteiger partial charge on any atom is 0.251 e. The molecular formula is C16H26N2O3. The number of hydrogen-bond donors (Lipinski definition) is 3. The summed E-state index contributed by atoms with van der Waals surface area (Å²) >= 11 is 0. The average molecular weight is 294 g/mol. The number of amides is 1. The topological polar surface area (TPSA) is 72.8 Å². The molecule has 0 radical (unpaired) electrons. The van der Waals surface area contributed by atoms with E-state index in [1.54, 1.807) is 12.1 Å². The molecule has 0 unspecified atom stereocenters. The van der Waals surface area contributed by atoms with E-state index in [4.69, 9.17) is 0 Å². The molecule has 1 aromatic rings. The Hall–Kier alpha value is -1.59. The maximum absolute atomic E-state index is 12.2. The Morgan fingerprint density at radius 1 is 1.10 bits per heavy atom. The van der Waals surface area contributed by atoms with Crippen molar-refractivity contribution in [3.05, 3.63) is 29.8 Å². The molecule has 0 atom stereocenters. The number of nitrogens with one attached hydrogen (secondary N) is 1. The molecule has 5 nitrogen and oxygen atoms in total. The van der Waals surface area contributed by atoms with Crippen molar-refractivity contribution in [3.63, 3.8) is 0 Å². The van der Waals surface area contributed by atoms with Crippen LogP contribution in [0.2, 0.25) is 0 Å². The molecule has 0 spiro atoms. The van der Waals surface area contributed by atoms with Gasteiger partial charge >= 0.3 is 0 Å². The predicted molar refractivity (Wildman–Crippen MR) is 84.7 cm³/mol. The van der Waals surface area contributed by atoms with Gasteiger partial charge in [0.2, 0.25) is 0 Å². The van der Waals surface area contributed by atoms with Crippen molar-refractivity contribution in [2.75, 3.05) is 31.2 Å². The van der Waals surface area contributed by atoms with E-state index < -0.39 is 5.54 Å². The van der Waals surface area contributed by atoms with Crippen LogP contribution in [0.5, 0.6) is 0 Å². The molecule has 0 heterocycles. The summed E-state index contributed by atoms with van der Waals surface area (Å²) in [5.74, 6) is -0.286. The lowest BCUT2D eigenvalue weighted by molar-refractivity contribution is 0.0653. The van der Waals surface area contributed by atoms with E-state index in [9.17, 15) is 15.0 Å². The minimum atomic E-state index is -0.964. The Morgan fingerprint density at radius 3 is 2.00 bits per heavy atom. The SMILES string of the molecule is CCN(CC)c1ccc(C(=O)NC(CC)(CO)CO)cc1. The van der Waals surface area contributed by atoms with Gasteiger partial charge in [0.25, 0.3) is 5.91 Å². The fourth-order valence-electron chi connectivity index (χ4n) is 2.17. The summed E-state index contributed by atoms with van der Waals surface area (Å²) in [5.41, 5.74) is 0.627. The highest BCUT2D eigenvalue weighted by molar-refractivity contribution is 5.95. The molecule has 1 rings (SSSR count). The first-order valence-corrected chi connectivity index (χ1v) is 7.45. The molecule has 0 aliphatic carbocycles. The zero-order chi connectivity index (χ0) is 15.9. The van der Waals surface area contributed by atoms with Gasteiger partial charge in [0.05, 0.1) is 18.8 Å². The third kappa shape index (κ3) is 4.19. The molecule has 0 fully saturated rings. The molecule has 0 saturated heterocycles. The van der Waals surface area contributed by atoms with Crippen LogP contribution in [-0.2, 0) is 0 Å². The smallest absolute Gasteiger partial charge is 0.251 e. The Kier molecular flexibility index (Phi) is 6.65. The van der Waals surface area contributed by atoms with Gasteiger partial charge in [-0.15, -0.1) is 0 Å². The van der Waals surface area contributed by atoms with E-state index in [0.717, 1.165) is 18.8 Å². The van der Waals surface area contributed by atoms with Gasteiger partial charge in [0.1, 0.15) is 0 Å². The Bertz CT molecular complexity index is 429. The second-order valence-electron chi connectivity index (χ2n) is 5.12. The second-order valence-corrected chi connectivity index (χ2v) is 5.12. The van der Waals surface area contributed by atoms with E-state index in [2.05, 4.69) is 24.1 Å². The van der Waals surface area contributed by atoms with E-state index in [0.29, 0.717) is 12.0 Å². The number of nitrogens with zero attached hydrogens (tertiary/aromatic N) is 1. The third-order valence-electron chi connectivity index (χ3n) is 3.92. The molecule has 0 aromatic heterocycles. The first-order valence-electron chi connectivity index (χ1n) is 7.45. The minimum Gasteiger partial charge on any atom is -0.394 e. The summed E-state index contributed by atoms with van der Waals surface area (Å²) in [6.07, 6.45) is 0.462. The molecule has 0 aliphatic rings. The number of aliphatic hydroxyl groups excluding tert-OH is 2. The van der Waals surface area contributed by atoms with E-state index in [-0.39, 0.29) is 19.1 Å². The van der Waals surface area contributed by atoms with Crippen molar-refractivity contribution in [1.29, 1.82) is 0 Å². The van der Waals surface area contributed by atoms with E-state index >= 15 is 0 Å². The van der Waals surface area contributed by atoms with Crippen LogP contribution in [0.3, 0.4) is 0 Å². The predicted octanol–water partition coefficient (Wildman–Crippen LogP) is 1.40. The van der Waals surface area contributed by atoms with Gasteiger partial charge < -0.3 is 20.4 Å². The fourth-order valence-corrected chi connectivity index (χ4v) is 2.17. The van der Waals surface area contributed by atoms with Gasteiger partial charge in [0.15, 0.2) is 0 Å². The van der Waals surface area contributed by atoms with Crippen LogP contribution in [0.25, 0.3) is 0 Å². The summed E-state index contributed by atoms with van der Waals surface area (Å²) < 4.78 is 0. The Balaban J connectivity index is 2.84. The fraction of sp³-hybridized carbons (Fsp3) is 0.562. The van der Waals surface area contributed by atoms with Crippen molar-refractivity contribution in [1.82, 2.24) is 5.32 Å². The van der Waals surface area contributed by atoms with Crippen molar-refractivity contribution in [3.8, 4) is 0 Å². The number of aliphatic hydroxyl groups is 2. The zero-order valence-electron chi connectivity index (χ0n) is 13.1. The molecule has 1 aromatic carbocycles. The zero-order valence-corrected chi connectivity index (χ0v) is 13.1. The van der Waals surface area contributed by atoms with E-state index in [1.807, 2.05) is 19.1 Å². The highest BCUT2D eigenvalue weighted by Crippen LogP contribution is 2.16. The van der Waals surface area contributed by atoms with Crippen LogP contribution in [-0.4, -0.2) is 48.0 Å². The molecule has 0 bridgehead atoms. The first kappa shape index (κ1) is 17.5. The Labute approximate surface area is 126 Å². The number of carbonyl (C=O) groups excluding carboxylic acids is 1. The summed E-state index contributed by atoms with van der Waals surface area (Å²) in [4.78, 5) is 14.4. The third-order valence-corrected chi connectivity index (χ3v) is 3.92. The van der Waals surface area contributed by atoms with Crippen LogP contribution in [0.15, 0.2) is 24.3 Å². The lowest BCUT2D eigenvalue weighted by Gasteiger charge is -2.29. The standard InChI is InChI=1S/C16H26N2O3/c1-4-16(11-19,12-20)17-15(21)13-7-9-14(10-8-13)18(5-2)6-3/h7-10,19-20H,4-6,11-12H2,1-3H3,(H,17,21). The summed E-state index contributed by atoms with van der Waals surface area (Å²) in [6, 6.07) is 7.34. The van der Waals surface area contributed by atoms with Crippen molar-refractivity contribution in [2.24, 2.45) is 0 Å². The monoisotopic (exact) mass is 294 g/mol. The number of carbonyl (C=O) groups is 1. The lowest BCUT2D eigenvalue weighted by Crippen LogP contribution is -2.53. The first-order chi connectivity index (χ1) is 10.1. The number of anilines is 1. The molecule has 1 amide bonds. The lowest BCUT2D eigenvalue weighted by atomic mass is 9.98. The molecule has 118 valence electrons. The van der Waals surface area contributed by atoms with Gasteiger partial charge in [-0.05, 0) is 44.5 Å². The molecule has 0 saturated carbocycles. The number of benzene rings is 1. The van der Waals surface area contributed by atoms with Crippen LogP contribution in [0, 0.1) is 0 Å². The van der Waals surface area contributed by atoms with Crippen LogP contribution in [0.1, 0.15) is 37.6 Å². The van der Waals surface area contributed by atoms with Crippen LogP contribution < -0.4 is 10.2 Å². The number of hydrogen-bond acceptors (Lipinski definition) is 4. The van der Waals surface area contributed by atoms with Crippen LogP contribution >= 0.6 is 0 Å². The van der Waals surface area contributed by atoms with Crippen molar-refractivity contribution in [2.45, 2.75) is 32.7 Å². The summed E-state index contributed by atoms with van der Waals surface area (Å²) in [5, 5.41) is 21.5. The molecular weight excluding hydrogens is 268 g/mol. The molecule has 3 N–H and O–H groups in total. The summed E-state index contributed by atoms with van der Waals surface area (Å²) in [6.45, 7) is 7.24. The molecule has 0 aliphatic heterocycles. The normalized spacial score (nSPS) is 11.3. The van der Waals surface area contributed by atoms with Gasteiger partial charge in [0, 0.05) is 24.3 Å². The average Bonchev–Trinajstić information content (AvgIpc) is 2.54. The van der Waals surface area contributed by atoms with E-state index in [1.165, 1.54) is 0 Å². The Morgan fingerprint density at radius 2 is 1.62 bits per heavy atom. The maximum atomic E-state index is 12.2. The largest absolute Gasteiger partial charge is 0.394 e. The van der Waals surface area contributed by atoms with Crippen molar-refractivity contribution < 1.29 is 15.0 Å². The van der Waals surface area contributed by atoms with Gasteiger partial charge in [-0.1, -0.05) is 6.92 Å². The quantitative estimate of drug-likeness (QED) is 0.677. The van der Waals surface area contributed by atoms with Crippen LogP contribution in [0.4, 0.5) is 5.69 Å². The minimum absolute atomic E-state index is 0.286. The highest BCUT2D eigenvalue weighted by Gasteiger charge is 2.28. The number of rotatable bonds is 8. The van der Waals surface area contributed by atoms with Crippen molar-refractivity contribution >= 4 is 11.6 Å². The molecule has 5 heteroatoms. The molecule has 21 heavy (non-hydrogen) atoms. The van der Waals surface area contributed by atoms with Gasteiger partial charge in [-0.3, -0.25) is 4.79 Å². The summed E-state index contributed by atoms with van der Waals surface area (Å²) in [7, 11) is 0. The van der Waals surface area contributed by atoms with Gasteiger partial charge in [-0.25, -0.2) is 0 Å². The second kappa shape index (κ2) is 8.00. The van der Waals surface area contributed by atoms with Gasteiger partial charge in [-0.2, -0.15) is 0 Å². The highest BCUT2D eigenvalue weighted by atomic mass is 16.3.